The van der Waals surface area contributed by atoms with Gasteiger partial charge in [0.05, 0.1) is 12.8 Å². The molecule has 74 valence electrons. The number of hydrogen-bond acceptors (Lipinski definition) is 0. The topological polar surface area (TPSA) is 0 Å². The van der Waals surface area contributed by atoms with Gasteiger partial charge in [-0.3, -0.25) is 0 Å². The third-order valence-corrected chi connectivity index (χ3v) is 1.20. The molecular formula is C5H5ClF6. The normalized spacial score (nSPS) is 18.0. The zero-order valence-corrected chi connectivity index (χ0v) is 6.39. The zero-order valence-electron chi connectivity index (χ0n) is 5.64. The first-order valence-corrected chi connectivity index (χ1v) is 3.23. The summed E-state index contributed by atoms with van der Waals surface area (Å²) < 4.78 is 69.5. The average molecular weight is 215 g/mol. The first-order valence-electron chi connectivity index (χ1n) is 2.85. The lowest BCUT2D eigenvalue weighted by Crippen LogP contribution is -2.26. The number of alkyl halides is 7. The van der Waals surface area contributed by atoms with Gasteiger partial charge in [-0.1, -0.05) is 11.6 Å². The Labute approximate surface area is 69.5 Å². The molecule has 0 bridgehead atoms. The predicted molar refractivity (Wildman–Crippen MR) is 31.0 cm³/mol. The van der Waals surface area contributed by atoms with Crippen LogP contribution < -0.4 is 0 Å². The van der Waals surface area contributed by atoms with Gasteiger partial charge in [0.15, 0.2) is 5.13 Å². The van der Waals surface area contributed by atoms with Gasteiger partial charge in [0, 0.05) is 0 Å². The summed E-state index contributed by atoms with van der Waals surface area (Å²) in [7, 11) is 0. The number of hydrogen-bond donors (Lipinski definition) is 0. The summed E-state index contributed by atoms with van der Waals surface area (Å²) in [6, 6.07) is 0. The monoisotopic (exact) mass is 214 g/mol. The molecule has 1 atom stereocenters. The Morgan fingerprint density at radius 3 is 1.75 bits per heavy atom. The summed E-state index contributed by atoms with van der Waals surface area (Å²) >= 11 is 4.55. The van der Waals surface area contributed by atoms with E-state index in [9.17, 15) is 26.3 Å². The fraction of sp³-hybridized carbons (Fsp3) is 1.00. The molecule has 0 saturated carbocycles. The maximum absolute atomic E-state index is 12.4. The fourth-order valence-corrected chi connectivity index (χ4v) is 0.859. The fourth-order valence-electron chi connectivity index (χ4n) is 0.591. The Balaban J connectivity index is 4.04. The van der Waals surface area contributed by atoms with Crippen molar-refractivity contribution in [2.75, 3.05) is 0 Å². The molecule has 0 saturated heterocycles. The summed E-state index contributed by atoms with van der Waals surface area (Å²) in [5.41, 5.74) is 0. The molecule has 0 N–H and O–H groups in total. The van der Waals surface area contributed by atoms with E-state index in [4.69, 9.17) is 0 Å². The molecular weight excluding hydrogens is 209 g/mol. The van der Waals surface area contributed by atoms with Crippen molar-refractivity contribution in [1.82, 2.24) is 0 Å². The van der Waals surface area contributed by atoms with E-state index in [1.165, 1.54) is 0 Å². The largest absolute Gasteiger partial charge is 0.393 e. The summed E-state index contributed by atoms with van der Waals surface area (Å²) in [4.78, 5) is 0. The molecule has 1 unspecified atom stereocenters. The minimum Gasteiger partial charge on any atom is -0.226 e. The van der Waals surface area contributed by atoms with Gasteiger partial charge in [0.1, 0.15) is 0 Å². The highest BCUT2D eigenvalue weighted by atomic mass is 35.5. The van der Waals surface area contributed by atoms with E-state index in [-0.39, 0.29) is 0 Å². The van der Waals surface area contributed by atoms with Gasteiger partial charge >= 0.3 is 6.18 Å². The second-order valence-corrected chi connectivity index (χ2v) is 2.92. The van der Waals surface area contributed by atoms with Crippen LogP contribution in [-0.4, -0.2) is 17.7 Å². The third kappa shape index (κ3) is 6.57. The third-order valence-electron chi connectivity index (χ3n) is 0.912. The van der Waals surface area contributed by atoms with Gasteiger partial charge in [0.25, 0.3) is 0 Å². The molecule has 0 aromatic carbocycles. The molecule has 0 spiro atoms. The van der Waals surface area contributed by atoms with E-state index in [0.29, 0.717) is 0 Å². The molecule has 0 rings (SSSR count). The van der Waals surface area contributed by atoms with Crippen LogP contribution in [0.5, 0.6) is 0 Å². The molecule has 0 radical (unpaired) electrons. The highest BCUT2D eigenvalue weighted by Gasteiger charge is 2.43. The SMILES string of the molecule is FC(F)CC(F)(Cl)CC(F)(F)F. The Bertz CT molecular complexity index is 139. The molecule has 0 aromatic heterocycles. The zero-order chi connectivity index (χ0) is 9.99. The van der Waals surface area contributed by atoms with Crippen LogP contribution in [0, 0.1) is 0 Å². The smallest absolute Gasteiger partial charge is 0.226 e. The van der Waals surface area contributed by atoms with Gasteiger partial charge in [-0.2, -0.15) is 13.2 Å². The van der Waals surface area contributed by atoms with Crippen LogP contribution in [0.25, 0.3) is 0 Å². The van der Waals surface area contributed by atoms with E-state index in [1.54, 1.807) is 0 Å². The summed E-state index contributed by atoms with van der Waals surface area (Å²) in [5.74, 6) is 0. The van der Waals surface area contributed by atoms with Crippen molar-refractivity contribution in [2.45, 2.75) is 30.6 Å². The molecule has 0 aliphatic heterocycles. The lowest BCUT2D eigenvalue weighted by molar-refractivity contribution is -0.154. The molecule has 0 aliphatic rings. The van der Waals surface area contributed by atoms with Crippen molar-refractivity contribution in [2.24, 2.45) is 0 Å². The van der Waals surface area contributed by atoms with Crippen molar-refractivity contribution in [3.05, 3.63) is 0 Å². The molecule has 0 amide bonds. The Morgan fingerprint density at radius 2 is 1.50 bits per heavy atom. The highest BCUT2D eigenvalue weighted by Crippen LogP contribution is 2.37. The van der Waals surface area contributed by atoms with Crippen molar-refractivity contribution in [1.29, 1.82) is 0 Å². The predicted octanol–water partition coefficient (Wildman–Crippen LogP) is 3.50. The summed E-state index contributed by atoms with van der Waals surface area (Å²) in [6.45, 7) is 0. The Kier molecular flexibility index (Phi) is 3.68. The molecule has 0 heterocycles. The standard InChI is InChI=1S/C5H5ClF6/c6-4(9,1-3(7)8)2-5(10,11)12/h3H,1-2H2. The van der Waals surface area contributed by atoms with E-state index in [0.717, 1.165) is 0 Å². The molecule has 0 aliphatic carbocycles. The van der Waals surface area contributed by atoms with Crippen LogP contribution in [0.2, 0.25) is 0 Å². The molecule has 0 nitrogen and oxygen atoms in total. The van der Waals surface area contributed by atoms with Crippen molar-refractivity contribution in [3.63, 3.8) is 0 Å². The van der Waals surface area contributed by atoms with E-state index in [2.05, 4.69) is 11.6 Å². The Morgan fingerprint density at radius 1 is 1.08 bits per heavy atom. The number of rotatable bonds is 3. The second-order valence-electron chi connectivity index (χ2n) is 2.24. The van der Waals surface area contributed by atoms with Gasteiger partial charge in [-0.05, 0) is 0 Å². The molecule has 7 heteroatoms. The van der Waals surface area contributed by atoms with Crippen molar-refractivity contribution < 1.29 is 26.3 Å². The van der Waals surface area contributed by atoms with Crippen LogP contribution in [0.1, 0.15) is 12.8 Å². The average Bonchev–Trinajstić information content (AvgIpc) is 1.48. The maximum atomic E-state index is 12.4. The second kappa shape index (κ2) is 3.72. The minimum atomic E-state index is -4.87. The van der Waals surface area contributed by atoms with Crippen molar-refractivity contribution >= 4 is 11.6 Å². The first kappa shape index (κ1) is 11.9. The lowest BCUT2D eigenvalue weighted by Gasteiger charge is -2.18. The lowest BCUT2D eigenvalue weighted by atomic mass is 10.2. The van der Waals surface area contributed by atoms with Gasteiger partial charge < -0.3 is 0 Å². The molecule has 12 heavy (non-hydrogen) atoms. The van der Waals surface area contributed by atoms with Crippen LogP contribution in [0.3, 0.4) is 0 Å². The first-order chi connectivity index (χ1) is 5.12. The van der Waals surface area contributed by atoms with Gasteiger partial charge in [-0.15, -0.1) is 0 Å². The maximum Gasteiger partial charge on any atom is 0.393 e. The van der Waals surface area contributed by atoms with Gasteiger partial charge in [0.2, 0.25) is 6.43 Å². The minimum absolute atomic E-state index is 1.62. The van der Waals surface area contributed by atoms with E-state index >= 15 is 0 Å². The molecule has 0 fully saturated rings. The van der Waals surface area contributed by atoms with Crippen LogP contribution in [0.15, 0.2) is 0 Å². The van der Waals surface area contributed by atoms with Gasteiger partial charge in [-0.25, -0.2) is 13.2 Å². The summed E-state index contributed by atoms with van der Waals surface area (Å²) in [6.07, 6.45) is -11.7. The van der Waals surface area contributed by atoms with Crippen LogP contribution in [0.4, 0.5) is 26.3 Å². The van der Waals surface area contributed by atoms with E-state index < -0.39 is 30.6 Å². The van der Waals surface area contributed by atoms with E-state index in [1.807, 2.05) is 0 Å². The quantitative estimate of drug-likeness (QED) is 0.498. The molecule has 0 aromatic rings. The van der Waals surface area contributed by atoms with Crippen molar-refractivity contribution in [3.8, 4) is 0 Å². The van der Waals surface area contributed by atoms with Crippen LogP contribution >= 0.6 is 11.6 Å². The number of halogens is 7. The highest BCUT2D eigenvalue weighted by molar-refractivity contribution is 6.22. The summed E-state index contributed by atoms with van der Waals surface area (Å²) in [5, 5.41) is -3.40. The van der Waals surface area contributed by atoms with Crippen LogP contribution in [-0.2, 0) is 0 Å². The Hall–Kier alpha value is -0.130.